The minimum atomic E-state index is -0.434. The molecule has 0 bridgehead atoms. The van der Waals surface area contributed by atoms with Gasteiger partial charge < -0.3 is 4.74 Å². The first-order valence-corrected chi connectivity index (χ1v) is 7.17. The van der Waals surface area contributed by atoms with Gasteiger partial charge in [-0.05, 0) is 36.4 Å². The summed E-state index contributed by atoms with van der Waals surface area (Å²) in [5.74, 6) is -0.860. The van der Waals surface area contributed by atoms with Gasteiger partial charge in [0, 0.05) is 0 Å². The number of fused-ring (bicyclic) bond motifs is 1. The summed E-state index contributed by atoms with van der Waals surface area (Å²) < 4.78 is 32.1. The normalized spacial score (nSPS) is 10.6. The van der Waals surface area contributed by atoms with Crippen LogP contribution in [0.2, 0.25) is 0 Å². The quantitative estimate of drug-likeness (QED) is 0.799. The van der Waals surface area contributed by atoms with Gasteiger partial charge in [0.1, 0.15) is 22.9 Å². The summed E-state index contributed by atoms with van der Waals surface area (Å²) in [6, 6.07) is 9.95. The molecule has 0 aliphatic rings. The number of ether oxygens (including phenoxy) is 1. The zero-order valence-electron chi connectivity index (χ0n) is 11.2. The molecule has 0 aliphatic carbocycles. The molecule has 1 heterocycles. The SMILES string of the molecule is O=C(COc1ccc(F)cc1)Nc1nc2c(F)cccc2s1. The highest BCUT2D eigenvalue weighted by molar-refractivity contribution is 7.22. The van der Waals surface area contributed by atoms with Crippen molar-refractivity contribution in [3.8, 4) is 5.75 Å². The number of anilines is 1. The van der Waals surface area contributed by atoms with E-state index < -0.39 is 11.7 Å². The maximum absolute atomic E-state index is 13.5. The Balaban J connectivity index is 1.63. The first kappa shape index (κ1) is 14.4. The summed E-state index contributed by atoms with van der Waals surface area (Å²) in [5.41, 5.74) is 0.224. The van der Waals surface area contributed by atoms with Crippen LogP contribution < -0.4 is 10.1 Å². The van der Waals surface area contributed by atoms with Gasteiger partial charge in [0.15, 0.2) is 11.7 Å². The van der Waals surface area contributed by atoms with Crippen molar-refractivity contribution in [2.24, 2.45) is 0 Å². The molecule has 3 rings (SSSR count). The largest absolute Gasteiger partial charge is 0.484 e. The summed E-state index contributed by atoms with van der Waals surface area (Å²) in [5, 5.41) is 2.84. The van der Waals surface area contributed by atoms with Crippen molar-refractivity contribution in [2.75, 3.05) is 11.9 Å². The second kappa shape index (κ2) is 6.07. The van der Waals surface area contributed by atoms with Crippen molar-refractivity contribution in [2.45, 2.75) is 0 Å². The minimum absolute atomic E-state index is 0.224. The molecule has 0 spiro atoms. The Labute approximate surface area is 128 Å². The zero-order chi connectivity index (χ0) is 15.5. The van der Waals surface area contributed by atoms with Crippen LogP contribution in [0.3, 0.4) is 0 Å². The lowest BCUT2D eigenvalue weighted by molar-refractivity contribution is -0.118. The molecular formula is C15H10F2N2O2S. The van der Waals surface area contributed by atoms with E-state index in [4.69, 9.17) is 4.74 Å². The Hall–Kier alpha value is -2.54. The van der Waals surface area contributed by atoms with Crippen LogP contribution in [-0.2, 0) is 4.79 Å². The van der Waals surface area contributed by atoms with Gasteiger partial charge in [0.25, 0.3) is 5.91 Å². The van der Waals surface area contributed by atoms with Gasteiger partial charge in [0.2, 0.25) is 0 Å². The molecule has 1 amide bonds. The van der Waals surface area contributed by atoms with Crippen LogP contribution in [0.25, 0.3) is 10.2 Å². The topological polar surface area (TPSA) is 51.2 Å². The number of halogens is 2. The van der Waals surface area contributed by atoms with Gasteiger partial charge in [-0.15, -0.1) is 0 Å². The molecule has 0 atom stereocenters. The number of aromatic nitrogens is 1. The second-order valence-corrected chi connectivity index (χ2v) is 5.43. The highest BCUT2D eigenvalue weighted by Gasteiger charge is 2.11. The molecule has 22 heavy (non-hydrogen) atoms. The average Bonchev–Trinajstić information content (AvgIpc) is 2.90. The molecule has 0 aliphatic heterocycles. The summed E-state index contributed by atoms with van der Waals surface area (Å²) >= 11 is 1.18. The Kier molecular flexibility index (Phi) is 3.97. The molecular weight excluding hydrogens is 310 g/mol. The van der Waals surface area contributed by atoms with Crippen molar-refractivity contribution in [3.63, 3.8) is 0 Å². The third-order valence-corrected chi connectivity index (χ3v) is 3.74. The van der Waals surface area contributed by atoms with Gasteiger partial charge in [-0.25, -0.2) is 13.8 Å². The molecule has 112 valence electrons. The lowest BCUT2D eigenvalue weighted by Crippen LogP contribution is -2.20. The Morgan fingerprint density at radius 3 is 2.68 bits per heavy atom. The molecule has 4 nitrogen and oxygen atoms in total. The molecule has 7 heteroatoms. The zero-order valence-corrected chi connectivity index (χ0v) is 12.0. The number of hydrogen-bond acceptors (Lipinski definition) is 4. The summed E-state index contributed by atoms with van der Waals surface area (Å²) in [6.45, 7) is -0.246. The van der Waals surface area contributed by atoms with Crippen LogP contribution in [0, 0.1) is 11.6 Å². The number of carbonyl (C=O) groups is 1. The van der Waals surface area contributed by atoms with E-state index in [1.54, 1.807) is 12.1 Å². The number of benzene rings is 2. The van der Waals surface area contributed by atoms with Crippen LogP contribution in [-0.4, -0.2) is 17.5 Å². The van der Waals surface area contributed by atoms with Crippen LogP contribution in [0.4, 0.5) is 13.9 Å². The number of nitrogens with zero attached hydrogens (tertiary/aromatic N) is 1. The highest BCUT2D eigenvalue weighted by atomic mass is 32.1. The Morgan fingerprint density at radius 2 is 1.95 bits per heavy atom. The summed E-state index contributed by atoms with van der Waals surface area (Å²) in [6.07, 6.45) is 0. The van der Waals surface area contributed by atoms with E-state index in [-0.39, 0.29) is 17.9 Å². The van der Waals surface area contributed by atoms with Crippen molar-refractivity contribution >= 4 is 32.6 Å². The van der Waals surface area contributed by atoms with Crippen molar-refractivity contribution in [1.29, 1.82) is 0 Å². The van der Waals surface area contributed by atoms with Crippen molar-refractivity contribution < 1.29 is 18.3 Å². The maximum atomic E-state index is 13.5. The molecule has 1 aromatic heterocycles. The van der Waals surface area contributed by atoms with Gasteiger partial charge in [0.05, 0.1) is 4.70 Å². The fraction of sp³-hybridized carbons (Fsp3) is 0.0667. The van der Waals surface area contributed by atoms with E-state index in [9.17, 15) is 13.6 Å². The van der Waals surface area contributed by atoms with Crippen molar-refractivity contribution in [3.05, 3.63) is 54.1 Å². The van der Waals surface area contributed by atoms with Crippen LogP contribution in [0.1, 0.15) is 0 Å². The number of amides is 1. The summed E-state index contributed by atoms with van der Waals surface area (Å²) in [7, 11) is 0. The third kappa shape index (κ3) is 3.20. The number of nitrogens with one attached hydrogen (secondary N) is 1. The van der Waals surface area contributed by atoms with E-state index in [1.165, 1.54) is 41.7 Å². The first-order chi connectivity index (χ1) is 10.6. The second-order valence-electron chi connectivity index (χ2n) is 4.40. The van der Waals surface area contributed by atoms with Gasteiger partial charge in [-0.3, -0.25) is 10.1 Å². The standard InChI is InChI=1S/C15H10F2N2O2S/c16-9-4-6-10(7-5-9)21-8-13(20)18-15-19-14-11(17)2-1-3-12(14)22-15/h1-7H,8H2,(H,18,19,20). The lowest BCUT2D eigenvalue weighted by atomic mass is 10.3. The van der Waals surface area contributed by atoms with Gasteiger partial charge in [-0.1, -0.05) is 17.4 Å². The van der Waals surface area contributed by atoms with Gasteiger partial charge >= 0.3 is 0 Å². The van der Waals surface area contributed by atoms with Gasteiger partial charge in [-0.2, -0.15) is 0 Å². The molecule has 0 saturated heterocycles. The molecule has 0 saturated carbocycles. The van der Waals surface area contributed by atoms with E-state index in [0.29, 0.717) is 15.6 Å². The number of rotatable bonds is 4. The molecule has 0 unspecified atom stereocenters. The molecule has 2 aromatic carbocycles. The fourth-order valence-corrected chi connectivity index (χ4v) is 2.70. The highest BCUT2D eigenvalue weighted by Crippen LogP contribution is 2.27. The molecule has 0 radical (unpaired) electrons. The van der Waals surface area contributed by atoms with E-state index in [0.717, 1.165) is 0 Å². The molecule has 3 aromatic rings. The first-order valence-electron chi connectivity index (χ1n) is 6.35. The predicted octanol–water partition coefficient (Wildman–Crippen LogP) is 3.59. The van der Waals surface area contributed by atoms with E-state index >= 15 is 0 Å². The smallest absolute Gasteiger partial charge is 0.264 e. The summed E-state index contributed by atoms with van der Waals surface area (Å²) in [4.78, 5) is 15.8. The number of para-hydroxylation sites is 1. The van der Waals surface area contributed by atoms with Crippen LogP contribution in [0.5, 0.6) is 5.75 Å². The average molecular weight is 320 g/mol. The van der Waals surface area contributed by atoms with Crippen molar-refractivity contribution in [1.82, 2.24) is 4.98 Å². The van der Waals surface area contributed by atoms with Crippen LogP contribution >= 0.6 is 11.3 Å². The number of hydrogen-bond donors (Lipinski definition) is 1. The number of thiazole rings is 1. The third-order valence-electron chi connectivity index (χ3n) is 2.80. The van der Waals surface area contributed by atoms with E-state index in [1.807, 2.05) is 0 Å². The minimum Gasteiger partial charge on any atom is -0.484 e. The molecule has 1 N–H and O–H groups in total. The monoisotopic (exact) mass is 320 g/mol. The van der Waals surface area contributed by atoms with Crippen LogP contribution in [0.15, 0.2) is 42.5 Å². The Bertz CT molecular complexity index is 818. The Morgan fingerprint density at radius 1 is 1.18 bits per heavy atom. The maximum Gasteiger partial charge on any atom is 0.264 e. The molecule has 0 fully saturated rings. The fourth-order valence-electron chi connectivity index (χ4n) is 1.80. The number of carbonyl (C=O) groups excluding carboxylic acids is 1. The lowest BCUT2D eigenvalue weighted by Gasteiger charge is -2.05. The van der Waals surface area contributed by atoms with E-state index in [2.05, 4.69) is 10.3 Å². The predicted molar refractivity (Wildman–Crippen MR) is 80.1 cm³/mol.